The lowest BCUT2D eigenvalue weighted by Crippen LogP contribution is -2.30. The molecule has 0 spiro atoms. The summed E-state index contributed by atoms with van der Waals surface area (Å²) in [5.41, 5.74) is 0.569. The van der Waals surface area contributed by atoms with Crippen LogP contribution in [0.2, 0.25) is 0 Å². The first-order valence-electron chi connectivity index (χ1n) is 5.85. The molecule has 0 heterocycles. The average molecular weight is 237 g/mol. The number of ether oxygens (including phenoxy) is 1. The zero-order valence-electron chi connectivity index (χ0n) is 9.78. The molecule has 1 amide bonds. The van der Waals surface area contributed by atoms with Gasteiger partial charge in [-0.25, -0.2) is 9.18 Å². The number of carbonyl (C=O) groups is 1. The van der Waals surface area contributed by atoms with E-state index in [0.717, 1.165) is 12.8 Å². The summed E-state index contributed by atoms with van der Waals surface area (Å²) < 4.78 is 18.5. The highest BCUT2D eigenvalue weighted by molar-refractivity contribution is 5.68. The van der Waals surface area contributed by atoms with Crippen LogP contribution in [0.15, 0.2) is 24.3 Å². The predicted octanol–water partition coefficient (Wildman–Crippen LogP) is 2.65. The topological polar surface area (TPSA) is 38.3 Å². The predicted molar refractivity (Wildman–Crippen MR) is 62.2 cm³/mol. The van der Waals surface area contributed by atoms with E-state index < -0.39 is 6.09 Å². The van der Waals surface area contributed by atoms with Crippen molar-refractivity contribution < 1.29 is 13.9 Å². The molecule has 0 unspecified atom stereocenters. The van der Waals surface area contributed by atoms with Gasteiger partial charge >= 0.3 is 6.09 Å². The molecule has 0 bridgehead atoms. The van der Waals surface area contributed by atoms with Gasteiger partial charge in [0, 0.05) is 12.5 Å². The Labute approximate surface area is 100.0 Å². The molecule has 0 aromatic heterocycles. The molecule has 1 aromatic carbocycles. The molecule has 1 fully saturated rings. The fourth-order valence-corrected chi connectivity index (χ4v) is 1.63. The van der Waals surface area contributed by atoms with Crippen LogP contribution in [-0.2, 0) is 11.2 Å². The molecule has 92 valence electrons. The third kappa shape index (κ3) is 3.73. The molecular formula is C13H16FNO2. The quantitative estimate of drug-likeness (QED) is 0.874. The summed E-state index contributed by atoms with van der Waals surface area (Å²) in [6.45, 7) is 1.76. The minimum atomic E-state index is -0.406. The monoisotopic (exact) mass is 237 g/mol. The minimum absolute atomic E-state index is 0.259. The highest BCUT2D eigenvalue weighted by Gasteiger charge is 2.24. The average Bonchev–Trinajstić information content (AvgIpc) is 3.05. The van der Waals surface area contributed by atoms with Gasteiger partial charge in [0.15, 0.2) is 0 Å². The van der Waals surface area contributed by atoms with Crippen LogP contribution in [-0.4, -0.2) is 18.2 Å². The number of alkyl carbamates (subject to hydrolysis) is 1. The summed E-state index contributed by atoms with van der Waals surface area (Å²) in [5, 5.41) is 2.73. The molecule has 1 aliphatic rings. The van der Waals surface area contributed by atoms with Gasteiger partial charge in [0.2, 0.25) is 0 Å². The van der Waals surface area contributed by atoms with Gasteiger partial charge in [0.25, 0.3) is 0 Å². The van der Waals surface area contributed by atoms with E-state index in [1.54, 1.807) is 25.1 Å². The van der Waals surface area contributed by atoms with Crippen molar-refractivity contribution in [2.75, 3.05) is 0 Å². The lowest BCUT2D eigenvalue weighted by molar-refractivity contribution is 0.106. The molecule has 1 aliphatic carbocycles. The van der Waals surface area contributed by atoms with E-state index in [9.17, 15) is 9.18 Å². The lowest BCUT2D eigenvalue weighted by Gasteiger charge is -2.14. The number of carbonyl (C=O) groups excluding carboxylic acids is 1. The maximum atomic E-state index is 13.4. The summed E-state index contributed by atoms with van der Waals surface area (Å²) in [4.78, 5) is 11.4. The van der Waals surface area contributed by atoms with E-state index in [0.29, 0.717) is 12.0 Å². The maximum absolute atomic E-state index is 13.4. The molecule has 1 atom stereocenters. The van der Waals surface area contributed by atoms with E-state index >= 15 is 0 Å². The van der Waals surface area contributed by atoms with E-state index in [1.165, 1.54) is 6.07 Å². The van der Waals surface area contributed by atoms with Gasteiger partial charge in [-0.05, 0) is 31.4 Å². The summed E-state index contributed by atoms with van der Waals surface area (Å²) in [6.07, 6.45) is 1.71. The molecule has 1 aromatic rings. The fourth-order valence-electron chi connectivity index (χ4n) is 1.63. The zero-order valence-corrected chi connectivity index (χ0v) is 9.78. The molecule has 1 saturated carbocycles. The van der Waals surface area contributed by atoms with Gasteiger partial charge < -0.3 is 10.1 Å². The van der Waals surface area contributed by atoms with Gasteiger partial charge in [-0.3, -0.25) is 0 Å². The normalized spacial score (nSPS) is 16.4. The lowest BCUT2D eigenvalue weighted by atomic mass is 10.1. The van der Waals surface area contributed by atoms with E-state index in [4.69, 9.17) is 4.74 Å². The Hall–Kier alpha value is -1.58. The van der Waals surface area contributed by atoms with Crippen molar-refractivity contribution in [1.82, 2.24) is 5.32 Å². The summed E-state index contributed by atoms with van der Waals surface area (Å²) >= 11 is 0. The maximum Gasteiger partial charge on any atom is 0.407 e. The largest absolute Gasteiger partial charge is 0.446 e. The molecule has 0 saturated heterocycles. The zero-order chi connectivity index (χ0) is 12.3. The first-order chi connectivity index (χ1) is 8.15. The first-order valence-corrected chi connectivity index (χ1v) is 5.85. The molecule has 1 N–H and O–H groups in total. The molecule has 0 aliphatic heterocycles. The number of rotatable bonds is 4. The summed E-state index contributed by atoms with van der Waals surface area (Å²) in [7, 11) is 0. The fraction of sp³-hybridized carbons (Fsp3) is 0.462. The SMILES string of the molecule is C[C@@H](Cc1ccccc1F)OC(=O)NC1CC1. The Kier molecular flexibility index (Phi) is 3.61. The standard InChI is InChI=1S/C13H16FNO2/c1-9(17-13(16)15-11-6-7-11)8-10-4-2-3-5-12(10)14/h2-5,9,11H,6-8H2,1H3,(H,15,16)/t9-/m0/s1. The van der Waals surface area contributed by atoms with E-state index in [2.05, 4.69) is 5.32 Å². The van der Waals surface area contributed by atoms with Gasteiger partial charge in [0.1, 0.15) is 11.9 Å². The van der Waals surface area contributed by atoms with Crippen molar-refractivity contribution in [3.63, 3.8) is 0 Å². The Morgan fingerprint density at radius 2 is 2.24 bits per heavy atom. The Morgan fingerprint density at radius 3 is 2.88 bits per heavy atom. The van der Waals surface area contributed by atoms with Crippen LogP contribution in [0.5, 0.6) is 0 Å². The second kappa shape index (κ2) is 5.17. The van der Waals surface area contributed by atoms with Crippen LogP contribution in [0.3, 0.4) is 0 Å². The second-order valence-corrected chi connectivity index (χ2v) is 4.43. The Balaban J connectivity index is 1.81. The smallest absolute Gasteiger partial charge is 0.407 e. The van der Waals surface area contributed by atoms with Crippen molar-refractivity contribution in [2.45, 2.75) is 38.3 Å². The number of halogens is 1. The Morgan fingerprint density at radius 1 is 1.53 bits per heavy atom. The number of hydrogen-bond acceptors (Lipinski definition) is 2. The van der Waals surface area contributed by atoms with Gasteiger partial charge in [-0.15, -0.1) is 0 Å². The van der Waals surface area contributed by atoms with E-state index in [-0.39, 0.29) is 18.0 Å². The molecule has 0 radical (unpaired) electrons. The molecule has 17 heavy (non-hydrogen) atoms. The number of amides is 1. The van der Waals surface area contributed by atoms with Gasteiger partial charge in [-0.2, -0.15) is 0 Å². The van der Waals surface area contributed by atoms with Crippen molar-refractivity contribution in [3.8, 4) is 0 Å². The molecule has 2 rings (SSSR count). The number of benzene rings is 1. The van der Waals surface area contributed by atoms with Crippen molar-refractivity contribution >= 4 is 6.09 Å². The minimum Gasteiger partial charge on any atom is -0.446 e. The van der Waals surface area contributed by atoms with Crippen LogP contribution in [0.4, 0.5) is 9.18 Å². The van der Waals surface area contributed by atoms with Crippen molar-refractivity contribution in [1.29, 1.82) is 0 Å². The Bertz CT molecular complexity index is 404. The molecular weight excluding hydrogens is 221 g/mol. The van der Waals surface area contributed by atoms with Crippen molar-refractivity contribution in [2.24, 2.45) is 0 Å². The van der Waals surface area contributed by atoms with Gasteiger partial charge in [0.05, 0.1) is 0 Å². The van der Waals surface area contributed by atoms with Crippen LogP contribution < -0.4 is 5.32 Å². The second-order valence-electron chi connectivity index (χ2n) is 4.43. The summed E-state index contributed by atoms with van der Waals surface area (Å²) in [5.74, 6) is -0.259. The molecule has 4 heteroatoms. The summed E-state index contributed by atoms with van der Waals surface area (Å²) in [6, 6.07) is 6.81. The molecule has 3 nitrogen and oxygen atoms in total. The van der Waals surface area contributed by atoms with Crippen LogP contribution in [0, 0.1) is 5.82 Å². The van der Waals surface area contributed by atoms with Gasteiger partial charge in [-0.1, -0.05) is 18.2 Å². The highest BCUT2D eigenvalue weighted by atomic mass is 19.1. The first kappa shape index (κ1) is 11.9. The van der Waals surface area contributed by atoms with E-state index in [1.807, 2.05) is 0 Å². The third-order valence-corrected chi connectivity index (χ3v) is 2.67. The van der Waals surface area contributed by atoms with Crippen LogP contribution in [0.25, 0.3) is 0 Å². The highest BCUT2D eigenvalue weighted by Crippen LogP contribution is 2.19. The number of hydrogen-bond donors (Lipinski definition) is 1. The van der Waals surface area contributed by atoms with Crippen molar-refractivity contribution in [3.05, 3.63) is 35.6 Å². The van der Waals surface area contributed by atoms with Crippen LogP contribution >= 0.6 is 0 Å². The number of nitrogens with one attached hydrogen (secondary N) is 1. The van der Waals surface area contributed by atoms with Crippen LogP contribution in [0.1, 0.15) is 25.3 Å². The third-order valence-electron chi connectivity index (χ3n) is 2.67.